The van der Waals surface area contributed by atoms with Crippen molar-refractivity contribution in [2.75, 3.05) is 44.7 Å². The van der Waals surface area contributed by atoms with Gasteiger partial charge in [0.15, 0.2) is 0 Å². The Bertz CT molecular complexity index is 554. The van der Waals surface area contributed by atoms with Crippen LogP contribution in [-0.4, -0.2) is 70.4 Å². The van der Waals surface area contributed by atoms with Crippen molar-refractivity contribution in [1.82, 2.24) is 20.1 Å². The van der Waals surface area contributed by atoms with Crippen LogP contribution in [0.2, 0.25) is 0 Å². The maximum absolute atomic E-state index is 5.34. The van der Waals surface area contributed by atoms with Crippen molar-refractivity contribution in [2.45, 2.75) is 6.92 Å². The number of hydrogen-bond donors (Lipinski definition) is 2. The summed E-state index contributed by atoms with van der Waals surface area (Å²) in [4.78, 5) is 6.84. The molecular formula is C13H23N5O3. The lowest BCUT2D eigenvalue weighted by Gasteiger charge is -2.26. The van der Waals surface area contributed by atoms with Crippen molar-refractivity contribution in [3.63, 3.8) is 0 Å². The maximum atomic E-state index is 5.34. The van der Waals surface area contributed by atoms with Crippen LogP contribution in [-0.2, 0) is 4.74 Å². The van der Waals surface area contributed by atoms with Crippen LogP contribution in [0.5, 0.6) is 0 Å². The lowest BCUT2D eigenvalue weighted by atomic mass is 10.2. The van der Waals surface area contributed by atoms with E-state index in [4.69, 9.17) is 4.74 Å². The molecule has 118 valence electrons. The van der Waals surface area contributed by atoms with Gasteiger partial charge in [-0.1, -0.05) is 0 Å². The third-order valence-corrected chi connectivity index (χ3v) is 3.39. The molecule has 1 saturated heterocycles. The number of fused-ring (bicyclic) bond motifs is 1. The molecule has 1 aliphatic rings. The highest BCUT2D eigenvalue weighted by molar-refractivity contribution is 5.87. The quantitative estimate of drug-likeness (QED) is 0.775. The molecule has 0 spiro atoms. The van der Waals surface area contributed by atoms with E-state index in [0.29, 0.717) is 0 Å². The number of H-pyrrole nitrogens is 1. The van der Waals surface area contributed by atoms with Crippen molar-refractivity contribution in [2.24, 2.45) is 0 Å². The average molecular weight is 297 g/mol. The summed E-state index contributed by atoms with van der Waals surface area (Å²) in [6, 6.07) is 2.06. The van der Waals surface area contributed by atoms with Gasteiger partial charge in [0.25, 0.3) is 0 Å². The zero-order valence-corrected chi connectivity index (χ0v) is 12.1. The van der Waals surface area contributed by atoms with Gasteiger partial charge in [0.2, 0.25) is 0 Å². The highest BCUT2D eigenvalue weighted by Crippen LogP contribution is 2.20. The van der Waals surface area contributed by atoms with Crippen molar-refractivity contribution in [1.29, 1.82) is 0 Å². The molecule has 1 aliphatic heterocycles. The molecule has 8 nitrogen and oxygen atoms in total. The number of hydrogen-bond acceptors (Lipinski definition) is 5. The van der Waals surface area contributed by atoms with E-state index < -0.39 is 0 Å². The molecule has 0 amide bonds. The normalized spacial score (nSPS) is 15.3. The van der Waals surface area contributed by atoms with Gasteiger partial charge in [-0.25, -0.2) is 4.98 Å². The van der Waals surface area contributed by atoms with Gasteiger partial charge in [-0.2, -0.15) is 5.10 Å². The molecule has 0 atom stereocenters. The minimum Gasteiger partial charge on any atom is -0.412 e. The van der Waals surface area contributed by atoms with Gasteiger partial charge in [-0.05, 0) is 13.0 Å². The first-order valence-corrected chi connectivity index (χ1v) is 6.67. The van der Waals surface area contributed by atoms with Crippen LogP contribution in [0.1, 0.15) is 5.69 Å². The fourth-order valence-electron chi connectivity index (χ4n) is 2.38. The van der Waals surface area contributed by atoms with Crippen molar-refractivity contribution >= 4 is 16.7 Å². The van der Waals surface area contributed by atoms with Crippen molar-refractivity contribution in [3.8, 4) is 0 Å². The van der Waals surface area contributed by atoms with E-state index in [0.717, 1.165) is 61.8 Å². The zero-order chi connectivity index (χ0) is 13.1. The van der Waals surface area contributed by atoms with E-state index >= 15 is 0 Å². The Morgan fingerprint density at radius 1 is 1.33 bits per heavy atom. The summed E-state index contributed by atoms with van der Waals surface area (Å²) >= 11 is 0. The second-order valence-electron chi connectivity index (χ2n) is 4.82. The highest BCUT2D eigenvalue weighted by Gasteiger charge is 2.10. The van der Waals surface area contributed by atoms with Gasteiger partial charge in [-0.15, -0.1) is 0 Å². The number of nitrogens with one attached hydrogen (secondary N) is 2. The summed E-state index contributed by atoms with van der Waals surface area (Å²) in [6.45, 7) is 7.68. The van der Waals surface area contributed by atoms with Gasteiger partial charge in [0.1, 0.15) is 11.0 Å². The minimum absolute atomic E-state index is 0. The van der Waals surface area contributed by atoms with E-state index in [1.165, 1.54) is 0 Å². The number of aromatic amines is 1. The Kier molecular flexibility index (Phi) is 6.50. The SMILES string of the molecule is Cc1cc(NCCN2CCOCC2)c2[nH]ncc2n1.O.O. The molecule has 0 aliphatic carbocycles. The van der Waals surface area contributed by atoms with Gasteiger partial charge < -0.3 is 21.0 Å². The Labute approximate surface area is 123 Å². The number of nitrogens with zero attached hydrogens (tertiary/aromatic N) is 3. The fraction of sp³-hybridized carbons (Fsp3) is 0.538. The summed E-state index contributed by atoms with van der Waals surface area (Å²) in [5.74, 6) is 0. The number of ether oxygens (including phenoxy) is 1. The van der Waals surface area contributed by atoms with Crippen LogP contribution >= 0.6 is 0 Å². The van der Waals surface area contributed by atoms with E-state index in [2.05, 4.69) is 31.5 Å². The molecule has 8 heteroatoms. The van der Waals surface area contributed by atoms with E-state index in [1.54, 1.807) is 6.20 Å². The summed E-state index contributed by atoms with van der Waals surface area (Å²) in [6.07, 6.45) is 1.76. The van der Waals surface area contributed by atoms with Crippen molar-refractivity contribution < 1.29 is 15.7 Å². The predicted octanol–water partition coefficient (Wildman–Crippen LogP) is -0.639. The zero-order valence-electron chi connectivity index (χ0n) is 12.1. The van der Waals surface area contributed by atoms with Crippen LogP contribution in [0.15, 0.2) is 12.3 Å². The monoisotopic (exact) mass is 297 g/mol. The van der Waals surface area contributed by atoms with Gasteiger partial charge >= 0.3 is 0 Å². The van der Waals surface area contributed by atoms with Crippen LogP contribution in [0.4, 0.5) is 5.69 Å². The van der Waals surface area contributed by atoms with E-state index in [9.17, 15) is 0 Å². The Hall–Kier alpha value is -1.74. The molecule has 0 radical (unpaired) electrons. The fourth-order valence-corrected chi connectivity index (χ4v) is 2.38. The highest BCUT2D eigenvalue weighted by atomic mass is 16.5. The molecule has 2 aromatic rings. The van der Waals surface area contributed by atoms with Crippen LogP contribution < -0.4 is 5.32 Å². The smallest absolute Gasteiger partial charge is 0.110 e. The first-order valence-electron chi connectivity index (χ1n) is 6.67. The number of aryl methyl sites for hydroxylation is 1. The molecular weight excluding hydrogens is 274 g/mol. The summed E-state index contributed by atoms with van der Waals surface area (Å²) in [5.41, 5.74) is 3.97. The summed E-state index contributed by atoms with van der Waals surface area (Å²) in [5, 5.41) is 10.5. The Balaban J connectivity index is 0.00000110. The second kappa shape index (κ2) is 7.89. The molecule has 3 rings (SSSR count). The number of morpholine rings is 1. The molecule has 0 unspecified atom stereocenters. The Morgan fingerprint density at radius 2 is 2.10 bits per heavy atom. The van der Waals surface area contributed by atoms with Crippen LogP contribution in [0, 0.1) is 6.92 Å². The minimum atomic E-state index is 0. The lowest BCUT2D eigenvalue weighted by Crippen LogP contribution is -2.39. The molecule has 1 fully saturated rings. The molecule has 3 heterocycles. The average Bonchev–Trinajstić information content (AvgIpc) is 2.88. The molecule has 0 saturated carbocycles. The first kappa shape index (κ1) is 17.3. The first-order chi connectivity index (χ1) is 9.33. The number of rotatable bonds is 4. The largest absolute Gasteiger partial charge is 0.412 e. The third kappa shape index (κ3) is 4.11. The molecule has 0 aromatic carbocycles. The molecule has 2 aromatic heterocycles. The molecule has 21 heavy (non-hydrogen) atoms. The number of anilines is 1. The predicted molar refractivity (Wildman–Crippen MR) is 81.6 cm³/mol. The van der Waals surface area contributed by atoms with Gasteiger partial charge in [0, 0.05) is 31.9 Å². The molecule has 0 bridgehead atoms. The summed E-state index contributed by atoms with van der Waals surface area (Å²) in [7, 11) is 0. The van der Waals surface area contributed by atoms with Crippen molar-refractivity contribution in [3.05, 3.63) is 18.0 Å². The third-order valence-electron chi connectivity index (χ3n) is 3.39. The number of pyridine rings is 1. The number of aromatic nitrogens is 3. The van der Waals surface area contributed by atoms with Crippen LogP contribution in [0.25, 0.3) is 11.0 Å². The standard InChI is InChI=1S/C13H19N5O.2H2O/c1-10-8-11(13-12(16-10)9-15-17-13)14-2-3-18-4-6-19-7-5-18;;/h8-9H,2-7H2,1H3,(H,14,16)(H,15,17);2*1H2. The summed E-state index contributed by atoms with van der Waals surface area (Å²) < 4.78 is 5.34. The second-order valence-corrected chi connectivity index (χ2v) is 4.82. The topological polar surface area (TPSA) is 129 Å². The maximum Gasteiger partial charge on any atom is 0.110 e. The van der Waals surface area contributed by atoms with Gasteiger partial charge in [0.05, 0.1) is 25.1 Å². The van der Waals surface area contributed by atoms with E-state index in [-0.39, 0.29) is 11.0 Å². The van der Waals surface area contributed by atoms with Gasteiger partial charge in [-0.3, -0.25) is 10.00 Å². The van der Waals surface area contributed by atoms with E-state index in [1.807, 2.05) is 6.92 Å². The molecule has 6 N–H and O–H groups in total. The van der Waals surface area contributed by atoms with Crippen LogP contribution in [0.3, 0.4) is 0 Å². The Morgan fingerprint density at radius 3 is 2.86 bits per heavy atom. The lowest BCUT2D eigenvalue weighted by molar-refractivity contribution is 0.0398.